The molecule has 0 bridgehead atoms. The molecule has 0 radical (unpaired) electrons. The summed E-state index contributed by atoms with van der Waals surface area (Å²) in [6, 6.07) is 2.44. The minimum Gasteiger partial charge on any atom is -0.376 e. The predicted molar refractivity (Wildman–Crippen MR) is 70.6 cm³/mol. The number of aryl methyl sites for hydroxylation is 1. The Morgan fingerprint density at radius 2 is 2.41 bits per heavy atom. The Labute approximate surface area is 107 Å². The van der Waals surface area contributed by atoms with Crippen LogP contribution in [0, 0.1) is 6.92 Å². The molecule has 0 aromatic carbocycles. The summed E-state index contributed by atoms with van der Waals surface area (Å²) >= 11 is 1.80. The maximum absolute atomic E-state index is 5.84. The highest BCUT2D eigenvalue weighted by Gasteiger charge is 2.27. The van der Waals surface area contributed by atoms with Crippen molar-refractivity contribution in [3.63, 3.8) is 0 Å². The SMILES string of the molecule is CCCNC(c1sccc1C)C1COCCO1. The molecule has 2 rings (SSSR count). The minimum absolute atomic E-state index is 0.146. The average Bonchev–Trinajstić information content (AvgIpc) is 2.78. The van der Waals surface area contributed by atoms with Gasteiger partial charge in [0, 0.05) is 4.88 Å². The van der Waals surface area contributed by atoms with E-state index in [0.29, 0.717) is 13.2 Å². The molecule has 1 saturated heterocycles. The third-order valence-electron chi connectivity index (χ3n) is 3.01. The summed E-state index contributed by atoms with van der Waals surface area (Å²) in [5.41, 5.74) is 1.35. The van der Waals surface area contributed by atoms with E-state index in [-0.39, 0.29) is 12.1 Å². The lowest BCUT2D eigenvalue weighted by Gasteiger charge is -2.31. The molecule has 0 amide bonds. The van der Waals surface area contributed by atoms with Gasteiger partial charge in [-0.3, -0.25) is 0 Å². The normalized spacial score (nSPS) is 22.6. The lowest BCUT2D eigenvalue weighted by molar-refractivity contribution is -0.102. The molecule has 2 heterocycles. The molecule has 4 heteroatoms. The molecular weight excluding hydrogens is 234 g/mol. The molecule has 0 aliphatic carbocycles. The molecule has 1 aromatic rings. The summed E-state index contributed by atoms with van der Waals surface area (Å²) in [4.78, 5) is 1.38. The fraction of sp³-hybridized carbons (Fsp3) is 0.692. The van der Waals surface area contributed by atoms with Crippen molar-refractivity contribution in [3.8, 4) is 0 Å². The van der Waals surface area contributed by atoms with Gasteiger partial charge in [-0.25, -0.2) is 0 Å². The highest BCUT2D eigenvalue weighted by Crippen LogP contribution is 2.28. The molecule has 0 saturated carbocycles. The smallest absolute Gasteiger partial charge is 0.101 e. The zero-order valence-electron chi connectivity index (χ0n) is 10.6. The van der Waals surface area contributed by atoms with Gasteiger partial charge in [0.25, 0.3) is 0 Å². The number of hydrogen-bond acceptors (Lipinski definition) is 4. The largest absolute Gasteiger partial charge is 0.376 e. The van der Waals surface area contributed by atoms with Crippen LogP contribution in [0.15, 0.2) is 11.4 Å². The van der Waals surface area contributed by atoms with E-state index in [9.17, 15) is 0 Å². The molecule has 1 aliphatic heterocycles. The fourth-order valence-electron chi connectivity index (χ4n) is 2.09. The highest BCUT2D eigenvalue weighted by molar-refractivity contribution is 7.10. The van der Waals surface area contributed by atoms with Crippen molar-refractivity contribution < 1.29 is 9.47 Å². The van der Waals surface area contributed by atoms with Gasteiger partial charge in [-0.1, -0.05) is 6.92 Å². The maximum atomic E-state index is 5.84. The van der Waals surface area contributed by atoms with E-state index in [0.717, 1.165) is 19.6 Å². The van der Waals surface area contributed by atoms with Crippen LogP contribution in [0.4, 0.5) is 0 Å². The van der Waals surface area contributed by atoms with E-state index in [1.807, 2.05) is 0 Å². The van der Waals surface area contributed by atoms with Crippen molar-refractivity contribution in [2.45, 2.75) is 32.4 Å². The zero-order chi connectivity index (χ0) is 12.1. The first-order valence-corrected chi connectivity index (χ1v) is 7.17. The van der Waals surface area contributed by atoms with Crippen LogP contribution in [-0.4, -0.2) is 32.5 Å². The summed E-state index contributed by atoms with van der Waals surface area (Å²) in [5, 5.41) is 5.74. The second kappa shape index (κ2) is 6.50. The molecule has 3 nitrogen and oxygen atoms in total. The monoisotopic (exact) mass is 255 g/mol. The van der Waals surface area contributed by atoms with Crippen molar-refractivity contribution in [2.24, 2.45) is 0 Å². The Balaban J connectivity index is 2.09. The summed E-state index contributed by atoms with van der Waals surface area (Å²) in [7, 11) is 0. The van der Waals surface area contributed by atoms with E-state index in [1.54, 1.807) is 11.3 Å². The standard InChI is InChI=1S/C13H21NO2S/c1-3-5-14-12(11-9-15-6-7-16-11)13-10(2)4-8-17-13/h4,8,11-12,14H,3,5-7,9H2,1-2H3. The van der Waals surface area contributed by atoms with Crippen LogP contribution in [0.25, 0.3) is 0 Å². The molecule has 1 aromatic heterocycles. The molecule has 2 atom stereocenters. The minimum atomic E-state index is 0.146. The Bertz CT molecular complexity index is 334. The van der Waals surface area contributed by atoms with E-state index in [4.69, 9.17) is 9.47 Å². The molecule has 96 valence electrons. The predicted octanol–water partition coefficient (Wildman–Crippen LogP) is 2.51. The van der Waals surface area contributed by atoms with E-state index in [1.165, 1.54) is 10.4 Å². The van der Waals surface area contributed by atoms with Gasteiger partial charge < -0.3 is 14.8 Å². The Kier molecular flexibility index (Phi) is 4.98. The van der Waals surface area contributed by atoms with Crippen LogP contribution in [0.3, 0.4) is 0 Å². The first-order valence-electron chi connectivity index (χ1n) is 6.29. The number of rotatable bonds is 5. The maximum Gasteiger partial charge on any atom is 0.101 e. The van der Waals surface area contributed by atoms with Crippen LogP contribution < -0.4 is 5.32 Å². The molecule has 1 fully saturated rings. The molecule has 17 heavy (non-hydrogen) atoms. The topological polar surface area (TPSA) is 30.5 Å². The quantitative estimate of drug-likeness (QED) is 0.877. The Morgan fingerprint density at radius 3 is 3.00 bits per heavy atom. The van der Waals surface area contributed by atoms with Crippen LogP contribution in [0.2, 0.25) is 0 Å². The third-order valence-corrected chi connectivity index (χ3v) is 4.11. The molecule has 1 aliphatic rings. The molecule has 1 N–H and O–H groups in total. The number of nitrogens with one attached hydrogen (secondary N) is 1. The summed E-state index contributed by atoms with van der Waals surface area (Å²) < 4.78 is 11.4. The second-order valence-corrected chi connectivity index (χ2v) is 5.33. The van der Waals surface area contributed by atoms with Gasteiger partial charge >= 0.3 is 0 Å². The van der Waals surface area contributed by atoms with Crippen molar-refractivity contribution in [1.82, 2.24) is 5.32 Å². The first kappa shape index (κ1) is 13.0. The highest BCUT2D eigenvalue weighted by atomic mass is 32.1. The van der Waals surface area contributed by atoms with E-state index in [2.05, 4.69) is 30.6 Å². The summed E-state index contributed by atoms with van der Waals surface area (Å²) in [6.45, 7) is 7.49. The van der Waals surface area contributed by atoms with E-state index < -0.39 is 0 Å². The summed E-state index contributed by atoms with van der Waals surface area (Å²) in [6.07, 6.45) is 1.28. The second-order valence-electron chi connectivity index (χ2n) is 4.38. The molecular formula is C13H21NO2S. The van der Waals surface area contributed by atoms with Crippen LogP contribution in [0.1, 0.15) is 29.8 Å². The van der Waals surface area contributed by atoms with Gasteiger partial charge in [0.1, 0.15) is 6.10 Å². The van der Waals surface area contributed by atoms with Crippen molar-refractivity contribution in [2.75, 3.05) is 26.4 Å². The van der Waals surface area contributed by atoms with Gasteiger partial charge in [0.2, 0.25) is 0 Å². The summed E-state index contributed by atoms with van der Waals surface area (Å²) in [5.74, 6) is 0. The van der Waals surface area contributed by atoms with Crippen LogP contribution >= 0.6 is 11.3 Å². The van der Waals surface area contributed by atoms with E-state index >= 15 is 0 Å². The van der Waals surface area contributed by atoms with Crippen molar-refractivity contribution >= 4 is 11.3 Å². The van der Waals surface area contributed by atoms with Crippen LogP contribution in [0.5, 0.6) is 0 Å². The van der Waals surface area contributed by atoms with Crippen LogP contribution in [-0.2, 0) is 9.47 Å². The van der Waals surface area contributed by atoms with Gasteiger partial charge in [0.05, 0.1) is 25.9 Å². The van der Waals surface area contributed by atoms with Gasteiger partial charge in [-0.2, -0.15) is 0 Å². The Hall–Kier alpha value is -0.420. The first-order chi connectivity index (χ1) is 8.33. The van der Waals surface area contributed by atoms with Crippen molar-refractivity contribution in [1.29, 1.82) is 0 Å². The average molecular weight is 255 g/mol. The number of thiophene rings is 1. The fourth-order valence-corrected chi connectivity index (χ4v) is 3.15. The Morgan fingerprint density at radius 1 is 1.53 bits per heavy atom. The van der Waals surface area contributed by atoms with Crippen molar-refractivity contribution in [3.05, 3.63) is 21.9 Å². The zero-order valence-corrected chi connectivity index (χ0v) is 11.4. The lowest BCUT2D eigenvalue weighted by atomic mass is 10.1. The molecule has 2 unspecified atom stereocenters. The van der Waals surface area contributed by atoms with Gasteiger partial charge in [-0.05, 0) is 36.9 Å². The van der Waals surface area contributed by atoms with Gasteiger partial charge in [0.15, 0.2) is 0 Å². The lowest BCUT2D eigenvalue weighted by Crippen LogP contribution is -2.40. The van der Waals surface area contributed by atoms with Gasteiger partial charge in [-0.15, -0.1) is 11.3 Å². The number of hydrogen-bond donors (Lipinski definition) is 1. The number of ether oxygens (including phenoxy) is 2. The molecule has 0 spiro atoms. The third kappa shape index (κ3) is 3.28.